The van der Waals surface area contributed by atoms with Crippen LogP contribution in [0.5, 0.6) is 0 Å². The maximum atomic E-state index is 3.62. The van der Waals surface area contributed by atoms with E-state index in [4.69, 9.17) is 0 Å². The maximum Gasteiger partial charge on any atom is 0.0234 e. The number of piperazine rings is 1. The van der Waals surface area contributed by atoms with Gasteiger partial charge >= 0.3 is 0 Å². The Morgan fingerprint density at radius 3 is 2.16 bits per heavy atom. The third-order valence-corrected chi connectivity index (χ3v) is 5.25. The average molecular weight is 325 g/mol. The van der Waals surface area contributed by atoms with Crippen molar-refractivity contribution in [1.82, 2.24) is 9.80 Å². The van der Waals surface area contributed by atoms with E-state index in [-0.39, 0.29) is 0 Å². The summed E-state index contributed by atoms with van der Waals surface area (Å²) in [5.41, 5.74) is 1.80. The van der Waals surface area contributed by atoms with Crippen molar-refractivity contribution >= 4 is 15.9 Å². The van der Waals surface area contributed by atoms with E-state index >= 15 is 0 Å². The summed E-state index contributed by atoms with van der Waals surface area (Å²) in [6, 6.07) is 10.8. The van der Waals surface area contributed by atoms with Gasteiger partial charge in [-0.1, -0.05) is 60.1 Å². The molecule has 0 N–H and O–H groups in total. The molecule has 0 aliphatic carbocycles. The molecule has 2 nitrogen and oxygen atoms in total. The van der Waals surface area contributed by atoms with E-state index in [1.165, 1.54) is 38.3 Å². The molecule has 0 radical (unpaired) electrons. The second kappa shape index (κ2) is 6.87. The molecule has 19 heavy (non-hydrogen) atoms. The summed E-state index contributed by atoms with van der Waals surface area (Å²) >= 11 is 3.62. The summed E-state index contributed by atoms with van der Waals surface area (Å²) < 4.78 is 0. The van der Waals surface area contributed by atoms with Gasteiger partial charge in [0.15, 0.2) is 0 Å². The number of hydrogen-bond acceptors (Lipinski definition) is 2. The predicted molar refractivity (Wildman–Crippen MR) is 85.7 cm³/mol. The van der Waals surface area contributed by atoms with Crippen molar-refractivity contribution in [3.63, 3.8) is 0 Å². The quantitative estimate of drug-likeness (QED) is 0.767. The Hall–Kier alpha value is -0.380. The molecule has 3 heteroatoms. The van der Waals surface area contributed by atoms with Crippen LogP contribution in [0.15, 0.2) is 30.3 Å². The van der Waals surface area contributed by atoms with Gasteiger partial charge in [0.2, 0.25) is 0 Å². The van der Waals surface area contributed by atoms with Gasteiger partial charge in [0.1, 0.15) is 0 Å². The van der Waals surface area contributed by atoms with Crippen LogP contribution in [-0.4, -0.2) is 47.9 Å². The van der Waals surface area contributed by atoms with E-state index in [9.17, 15) is 0 Å². The third-order valence-electron chi connectivity index (χ3n) is 3.73. The summed E-state index contributed by atoms with van der Waals surface area (Å²) in [5, 5.41) is 1.07. The van der Waals surface area contributed by atoms with E-state index in [1.807, 2.05) is 0 Å². The molecule has 1 aromatic carbocycles. The van der Waals surface area contributed by atoms with Crippen LogP contribution in [0, 0.1) is 5.41 Å². The van der Waals surface area contributed by atoms with Gasteiger partial charge in [-0.05, 0) is 11.0 Å². The fraction of sp³-hybridized carbons (Fsp3) is 0.625. The van der Waals surface area contributed by atoms with Crippen molar-refractivity contribution in [2.75, 3.05) is 38.1 Å². The molecule has 0 amide bonds. The zero-order valence-electron chi connectivity index (χ0n) is 12.1. The Bertz CT molecular complexity index is 370. The van der Waals surface area contributed by atoms with E-state index < -0.39 is 0 Å². The molecule has 1 aliphatic rings. The lowest BCUT2D eigenvalue weighted by Crippen LogP contribution is -2.48. The number of nitrogens with zero attached hydrogens (tertiary/aromatic N) is 2. The smallest absolute Gasteiger partial charge is 0.0234 e. The molecule has 2 rings (SSSR count). The number of alkyl halides is 1. The zero-order valence-corrected chi connectivity index (χ0v) is 13.7. The third kappa shape index (κ3) is 4.90. The minimum absolute atomic E-state index is 0.377. The second-order valence-corrected chi connectivity index (χ2v) is 6.90. The Labute approximate surface area is 125 Å². The minimum Gasteiger partial charge on any atom is -0.300 e. The van der Waals surface area contributed by atoms with Gasteiger partial charge in [-0.3, -0.25) is 4.90 Å². The van der Waals surface area contributed by atoms with Gasteiger partial charge in [0.05, 0.1) is 0 Å². The Balaban J connectivity index is 1.77. The molecule has 1 heterocycles. The van der Waals surface area contributed by atoms with Gasteiger partial charge < -0.3 is 4.90 Å². The van der Waals surface area contributed by atoms with E-state index in [0.29, 0.717) is 5.41 Å². The zero-order chi connectivity index (χ0) is 13.7. The molecule has 1 saturated heterocycles. The molecule has 0 aromatic heterocycles. The molecule has 0 unspecified atom stereocenters. The van der Waals surface area contributed by atoms with Crippen molar-refractivity contribution < 1.29 is 0 Å². The lowest BCUT2D eigenvalue weighted by Gasteiger charge is -2.38. The molecule has 0 bridgehead atoms. The molecule has 106 valence electrons. The summed E-state index contributed by atoms with van der Waals surface area (Å²) in [6.45, 7) is 11.7. The maximum absolute atomic E-state index is 3.62. The first-order valence-electron chi connectivity index (χ1n) is 7.14. The summed E-state index contributed by atoms with van der Waals surface area (Å²) in [4.78, 5) is 5.16. The van der Waals surface area contributed by atoms with Crippen molar-refractivity contribution in [3.05, 3.63) is 35.9 Å². The lowest BCUT2D eigenvalue weighted by atomic mass is 9.95. The summed E-state index contributed by atoms with van der Waals surface area (Å²) in [5.74, 6) is 0. The summed E-state index contributed by atoms with van der Waals surface area (Å²) in [7, 11) is 0. The largest absolute Gasteiger partial charge is 0.300 e. The first kappa shape index (κ1) is 15.0. The number of rotatable bonds is 5. The molecule has 0 saturated carbocycles. The highest BCUT2D eigenvalue weighted by molar-refractivity contribution is 9.09. The van der Waals surface area contributed by atoms with Crippen LogP contribution >= 0.6 is 15.9 Å². The number of benzene rings is 1. The van der Waals surface area contributed by atoms with E-state index in [2.05, 4.69) is 69.9 Å². The molecule has 0 spiro atoms. The molecular weight excluding hydrogens is 300 g/mol. The lowest BCUT2D eigenvalue weighted by molar-refractivity contribution is 0.0998. The van der Waals surface area contributed by atoms with E-state index in [1.54, 1.807) is 0 Å². The van der Waals surface area contributed by atoms with Gasteiger partial charge in [-0.15, -0.1) is 0 Å². The van der Waals surface area contributed by atoms with Crippen LogP contribution in [0.4, 0.5) is 0 Å². The van der Waals surface area contributed by atoms with Crippen LogP contribution in [0.25, 0.3) is 0 Å². The van der Waals surface area contributed by atoms with Gasteiger partial charge in [0.25, 0.3) is 0 Å². The second-order valence-electron chi connectivity index (χ2n) is 6.34. The minimum atomic E-state index is 0.377. The highest BCUT2D eigenvalue weighted by atomic mass is 79.9. The molecular formula is C16H25BrN2. The van der Waals surface area contributed by atoms with E-state index in [0.717, 1.165) is 11.9 Å². The highest BCUT2D eigenvalue weighted by Gasteiger charge is 2.23. The summed E-state index contributed by atoms with van der Waals surface area (Å²) in [6.07, 6.45) is 0. The fourth-order valence-corrected chi connectivity index (χ4v) is 2.77. The Kier molecular flexibility index (Phi) is 5.43. The van der Waals surface area contributed by atoms with Crippen LogP contribution in [-0.2, 0) is 6.54 Å². The van der Waals surface area contributed by atoms with Gasteiger partial charge in [0, 0.05) is 44.6 Å². The standard InChI is InChI=1S/C16H25BrN2/c1-16(2,13-17)14-19-10-8-18(9-11-19)12-15-6-4-3-5-7-15/h3-7H,8-14H2,1-2H3. The molecule has 1 aliphatic heterocycles. The number of halogens is 1. The molecule has 1 aromatic rings. The van der Waals surface area contributed by atoms with Gasteiger partial charge in [-0.2, -0.15) is 0 Å². The first-order chi connectivity index (χ1) is 9.09. The van der Waals surface area contributed by atoms with Crippen molar-refractivity contribution in [1.29, 1.82) is 0 Å². The van der Waals surface area contributed by atoms with Crippen molar-refractivity contribution in [2.45, 2.75) is 20.4 Å². The normalized spacial score (nSPS) is 18.7. The number of hydrogen-bond donors (Lipinski definition) is 0. The fourth-order valence-electron chi connectivity index (χ4n) is 2.59. The molecule has 0 atom stereocenters. The van der Waals surface area contributed by atoms with Crippen molar-refractivity contribution in [3.8, 4) is 0 Å². The predicted octanol–water partition coefficient (Wildman–Crippen LogP) is 3.23. The average Bonchev–Trinajstić information content (AvgIpc) is 2.42. The van der Waals surface area contributed by atoms with Crippen LogP contribution < -0.4 is 0 Å². The van der Waals surface area contributed by atoms with Crippen LogP contribution in [0.3, 0.4) is 0 Å². The van der Waals surface area contributed by atoms with Gasteiger partial charge in [-0.25, -0.2) is 0 Å². The first-order valence-corrected chi connectivity index (χ1v) is 8.26. The van der Waals surface area contributed by atoms with Crippen molar-refractivity contribution in [2.24, 2.45) is 5.41 Å². The monoisotopic (exact) mass is 324 g/mol. The Morgan fingerprint density at radius 1 is 1.00 bits per heavy atom. The van der Waals surface area contributed by atoms with Crippen LogP contribution in [0.1, 0.15) is 19.4 Å². The topological polar surface area (TPSA) is 6.48 Å². The highest BCUT2D eigenvalue weighted by Crippen LogP contribution is 2.20. The van der Waals surface area contributed by atoms with Crippen LogP contribution in [0.2, 0.25) is 0 Å². The molecule has 1 fully saturated rings. The Morgan fingerprint density at radius 2 is 1.58 bits per heavy atom. The SMILES string of the molecule is CC(C)(CBr)CN1CCN(Cc2ccccc2)CC1.